The number of hydrogen-bond donors (Lipinski definition) is 0. The third-order valence-corrected chi connectivity index (χ3v) is 5.35. The number of carbonyl (C=O) groups is 1. The smallest absolute Gasteiger partial charge is 0.280 e. The number of hydrogen-bond acceptors (Lipinski definition) is 5. The zero-order valence-corrected chi connectivity index (χ0v) is 17.8. The summed E-state index contributed by atoms with van der Waals surface area (Å²) in [7, 11) is 0. The second-order valence-electron chi connectivity index (χ2n) is 6.46. The van der Waals surface area contributed by atoms with Gasteiger partial charge in [-0.1, -0.05) is 17.7 Å². The van der Waals surface area contributed by atoms with Gasteiger partial charge in [0.15, 0.2) is 0 Å². The highest BCUT2D eigenvalue weighted by atomic mass is 79.9. The van der Waals surface area contributed by atoms with E-state index in [1.54, 1.807) is 55.5 Å². The van der Waals surface area contributed by atoms with Gasteiger partial charge >= 0.3 is 0 Å². The molecule has 9 heteroatoms. The summed E-state index contributed by atoms with van der Waals surface area (Å²) in [6, 6.07) is 14.8. The second kappa shape index (κ2) is 7.89. The minimum atomic E-state index is -0.466. The van der Waals surface area contributed by atoms with Gasteiger partial charge in [-0.3, -0.25) is 14.9 Å². The predicted octanol–water partition coefficient (Wildman–Crippen LogP) is 6.08. The summed E-state index contributed by atoms with van der Waals surface area (Å²) < 4.78 is 6.38. The average molecular weight is 487 g/mol. The lowest BCUT2D eigenvalue weighted by Gasteiger charge is -2.11. The lowest BCUT2D eigenvalue weighted by Crippen LogP contribution is -2.21. The molecule has 2 aromatic carbocycles. The first kappa shape index (κ1) is 20.1. The summed E-state index contributed by atoms with van der Waals surface area (Å²) in [5.41, 5.74) is 2.16. The summed E-state index contributed by atoms with van der Waals surface area (Å²) in [6.45, 7) is 1.74. The van der Waals surface area contributed by atoms with E-state index in [1.165, 1.54) is 17.1 Å². The van der Waals surface area contributed by atoms with Crippen LogP contribution in [0.25, 0.3) is 17.4 Å². The van der Waals surface area contributed by atoms with Crippen LogP contribution in [0.1, 0.15) is 12.7 Å². The van der Waals surface area contributed by atoms with Crippen molar-refractivity contribution in [1.82, 2.24) is 0 Å². The number of hydrazone groups is 1. The summed E-state index contributed by atoms with van der Waals surface area (Å²) in [6.07, 6.45) is 1.62. The minimum Gasteiger partial charge on any atom is -0.457 e. The van der Waals surface area contributed by atoms with E-state index in [0.717, 1.165) is 0 Å². The summed E-state index contributed by atoms with van der Waals surface area (Å²) in [5.74, 6) is 0.681. The third kappa shape index (κ3) is 3.79. The predicted molar refractivity (Wildman–Crippen MR) is 119 cm³/mol. The highest BCUT2D eigenvalue weighted by molar-refractivity contribution is 9.10. The van der Waals surface area contributed by atoms with E-state index >= 15 is 0 Å². The van der Waals surface area contributed by atoms with Crippen molar-refractivity contribution in [3.8, 4) is 11.3 Å². The Balaban J connectivity index is 1.62. The van der Waals surface area contributed by atoms with Crippen molar-refractivity contribution in [2.24, 2.45) is 5.10 Å². The summed E-state index contributed by atoms with van der Waals surface area (Å²) >= 11 is 9.35. The Kier molecular flexibility index (Phi) is 5.27. The van der Waals surface area contributed by atoms with Crippen LogP contribution in [0, 0.1) is 10.1 Å². The normalized spacial score (nSPS) is 15.0. The maximum Gasteiger partial charge on any atom is 0.280 e. The molecule has 0 N–H and O–H groups in total. The van der Waals surface area contributed by atoms with Gasteiger partial charge in [-0.15, -0.1) is 0 Å². The van der Waals surface area contributed by atoms with Gasteiger partial charge in [0, 0.05) is 27.2 Å². The first-order valence-corrected chi connectivity index (χ1v) is 9.92. The summed E-state index contributed by atoms with van der Waals surface area (Å²) in [5, 5.41) is 17.0. The Morgan fingerprint density at radius 2 is 2.00 bits per heavy atom. The summed E-state index contributed by atoms with van der Waals surface area (Å²) in [4.78, 5) is 23.3. The molecule has 0 atom stereocenters. The van der Waals surface area contributed by atoms with Gasteiger partial charge in [-0.05, 0) is 65.3 Å². The van der Waals surface area contributed by atoms with E-state index < -0.39 is 4.92 Å². The number of rotatable bonds is 4. The van der Waals surface area contributed by atoms with Crippen LogP contribution in [-0.2, 0) is 4.79 Å². The van der Waals surface area contributed by atoms with Gasteiger partial charge in [-0.25, -0.2) is 0 Å². The van der Waals surface area contributed by atoms with E-state index in [2.05, 4.69) is 21.0 Å². The molecule has 0 unspecified atom stereocenters. The third-order valence-electron chi connectivity index (χ3n) is 4.46. The molecule has 1 aliphatic heterocycles. The SMILES string of the molecule is CC1=NN(c2cccc(Cl)c2)C(=O)C1=Cc1ccc(-c2ccc([N+](=O)[O-])cc2Br)o1. The first-order valence-electron chi connectivity index (χ1n) is 8.75. The van der Waals surface area contributed by atoms with Crippen LogP contribution in [0.5, 0.6) is 0 Å². The molecule has 0 spiro atoms. The number of halogens is 2. The van der Waals surface area contributed by atoms with E-state index in [0.29, 0.717) is 43.6 Å². The number of nitro groups is 1. The van der Waals surface area contributed by atoms with Crippen molar-refractivity contribution in [3.05, 3.63) is 85.5 Å². The van der Waals surface area contributed by atoms with E-state index in [4.69, 9.17) is 16.0 Å². The Morgan fingerprint density at radius 3 is 2.70 bits per heavy atom. The number of furan rings is 1. The lowest BCUT2D eigenvalue weighted by molar-refractivity contribution is -0.384. The Hall–Kier alpha value is -3.23. The lowest BCUT2D eigenvalue weighted by atomic mass is 10.1. The quantitative estimate of drug-likeness (QED) is 0.254. The van der Waals surface area contributed by atoms with Crippen LogP contribution in [-0.4, -0.2) is 16.5 Å². The maximum atomic E-state index is 12.9. The maximum absolute atomic E-state index is 12.9. The van der Waals surface area contributed by atoms with Crippen LogP contribution in [0.4, 0.5) is 11.4 Å². The molecule has 0 saturated heterocycles. The van der Waals surface area contributed by atoms with Crippen LogP contribution in [0.3, 0.4) is 0 Å². The van der Waals surface area contributed by atoms with E-state index in [1.807, 2.05) is 0 Å². The fourth-order valence-electron chi connectivity index (χ4n) is 3.00. The minimum absolute atomic E-state index is 0.0241. The molecule has 1 aliphatic rings. The Morgan fingerprint density at radius 1 is 1.20 bits per heavy atom. The second-order valence-corrected chi connectivity index (χ2v) is 7.75. The molecule has 0 radical (unpaired) electrons. The molecule has 150 valence electrons. The van der Waals surface area contributed by atoms with E-state index in [9.17, 15) is 14.9 Å². The molecule has 1 amide bonds. The molecule has 0 aliphatic carbocycles. The zero-order valence-electron chi connectivity index (χ0n) is 15.5. The fourth-order valence-corrected chi connectivity index (χ4v) is 3.75. The van der Waals surface area contributed by atoms with Crippen LogP contribution in [0.15, 0.2) is 74.2 Å². The van der Waals surface area contributed by atoms with Gasteiger partial charge in [0.2, 0.25) is 0 Å². The monoisotopic (exact) mass is 485 g/mol. The molecule has 0 bridgehead atoms. The molecule has 3 aromatic rings. The van der Waals surface area contributed by atoms with Crippen molar-refractivity contribution in [1.29, 1.82) is 0 Å². The molecule has 4 rings (SSSR count). The zero-order chi connectivity index (χ0) is 21.4. The average Bonchev–Trinajstić information content (AvgIpc) is 3.28. The molecule has 2 heterocycles. The van der Waals surface area contributed by atoms with Gasteiger partial charge in [0.1, 0.15) is 11.5 Å². The van der Waals surface area contributed by atoms with Crippen LogP contribution in [0.2, 0.25) is 5.02 Å². The fraction of sp³-hybridized carbons (Fsp3) is 0.0476. The van der Waals surface area contributed by atoms with Crippen molar-refractivity contribution < 1.29 is 14.1 Å². The number of nitro benzene ring substituents is 1. The number of non-ortho nitro benzene ring substituents is 1. The number of anilines is 1. The van der Waals surface area contributed by atoms with Crippen molar-refractivity contribution in [2.75, 3.05) is 5.01 Å². The largest absolute Gasteiger partial charge is 0.457 e. The number of carbonyl (C=O) groups excluding carboxylic acids is 1. The number of nitrogens with zero attached hydrogens (tertiary/aromatic N) is 3. The molecule has 30 heavy (non-hydrogen) atoms. The molecule has 0 fully saturated rings. The van der Waals surface area contributed by atoms with Crippen molar-refractivity contribution in [3.63, 3.8) is 0 Å². The molecule has 7 nitrogen and oxygen atoms in total. The molecule has 0 saturated carbocycles. The number of benzene rings is 2. The molecule has 1 aromatic heterocycles. The highest BCUT2D eigenvalue weighted by Gasteiger charge is 2.29. The first-order chi connectivity index (χ1) is 14.3. The Labute approximate surface area is 184 Å². The standard InChI is InChI=1S/C21H13BrClN3O4/c1-12-18(21(27)25(24-12)14-4-2-3-13(23)9-14)11-16-6-8-20(30-16)17-7-5-15(26(28)29)10-19(17)22/h2-11H,1H3. The van der Waals surface area contributed by atoms with Gasteiger partial charge in [-0.2, -0.15) is 10.1 Å². The molecular formula is C21H13BrClN3O4. The van der Waals surface area contributed by atoms with Gasteiger partial charge < -0.3 is 4.42 Å². The topological polar surface area (TPSA) is 89.0 Å². The van der Waals surface area contributed by atoms with Crippen molar-refractivity contribution >= 4 is 56.6 Å². The Bertz CT molecular complexity index is 1250. The molecular weight excluding hydrogens is 474 g/mol. The van der Waals surface area contributed by atoms with Gasteiger partial charge in [0.25, 0.3) is 11.6 Å². The van der Waals surface area contributed by atoms with Crippen molar-refractivity contribution in [2.45, 2.75) is 6.92 Å². The highest BCUT2D eigenvalue weighted by Crippen LogP contribution is 2.33. The number of amides is 1. The van der Waals surface area contributed by atoms with Crippen LogP contribution < -0.4 is 5.01 Å². The van der Waals surface area contributed by atoms with Crippen LogP contribution >= 0.6 is 27.5 Å². The van der Waals surface area contributed by atoms with E-state index in [-0.39, 0.29) is 11.6 Å². The van der Waals surface area contributed by atoms with Gasteiger partial charge in [0.05, 0.1) is 21.9 Å².